The molecule has 3 heterocycles. The van der Waals surface area contributed by atoms with E-state index in [9.17, 15) is 14.4 Å². The lowest BCUT2D eigenvalue weighted by molar-refractivity contribution is -0.145. The molecular formula is C24H29N3O4. The average molecular weight is 424 g/mol. The van der Waals surface area contributed by atoms with Crippen molar-refractivity contribution in [2.75, 3.05) is 19.6 Å². The molecule has 0 saturated carbocycles. The molecule has 0 bridgehead atoms. The number of aryl methyl sites for hydroxylation is 1. The van der Waals surface area contributed by atoms with Gasteiger partial charge in [0.1, 0.15) is 5.76 Å². The predicted molar refractivity (Wildman–Crippen MR) is 115 cm³/mol. The Balaban J connectivity index is 1.31. The molecule has 31 heavy (non-hydrogen) atoms. The average Bonchev–Trinajstić information content (AvgIpc) is 3.38. The van der Waals surface area contributed by atoms with E-state index in [4.69, 9.17) is 4.42 Å². The van der Waals surface area contributed by atoms with Crippen LogP contribution in [-0.4, -0.2) is 52.7 Å². The number of nitrogens with zero attached hydrogens (tertiary/aromatic N) is 2. The summed E-state index contributed by atoms with van der Waals surface area (Å²) in [6, 6.07) is 11.8. The monoisotopic (exact) mass is 423 g/mol. The Hall–Kier alpha value is -3.09. The van der Waals surface area contributed by atoms with Gasteiger partial charge in [0.15, 0.2) is 0 Å². The summed E-state index contributed by atoms with van der Waals surface area (Å²) < 4.78 is 5.46. The van der Waals surface area contributed by atoms with Gasteiger partial charge in [-0.2, -0.15) is 0 Å². The first-order valence-electron chi connectivity index (χ1n) is 10.9. The minimum absolute atomic E-state index is 0.0129. The van der Waals surface area contributed by atoms with Crippen LogP contribution < -0.4 is 5.32 Å². The SMILES string of the molecule is Cc1cccc(CN2CCN(C(=O)CCC3(Cc4ccco4)CCC(=O)N3)CC2=O)c1. The topological polar surface area (TPSA) is 82.9 Å². The lowest BCUT2D eigenvalue weighted by Gasteiger charge is -2.35. The summed E-state index contributed by atoms with van der Waals surface area (Å²) in [6.45, 7) is 3.79. The maximum Gasteiger partial charge on any atom is 0.242 e. The van der Waals surface area contributed by atoms with Crippen LogP contribution in [0.3, 0.4) is 0 Å². The molecule has 3 amide bonds. The van der Waals surface area contributed by atoms with Gasteiger partial charge >= 0.3 is 0 Å². The fourth-order valence-corrected chi connectivity index (χ4v) is 4.55. The maximum absolute atomic E-state index is 12.9. The number of hydrogen-bond donors (Lipinski definition) is 1. The van der Waals surface area contributed by atoms with Crippen LogP contribution in [0.5, 0.6) is 0 Å². The number of carbonyl (C=O) groups is 3. The van der Waals surface area contributed by atoms with Gasteiger partial charge in [-0.1, -0.05) is 29.8 Å². The van der Waals surface area contributed by atoms with Gasteiger partial charge in [0.05, 0.1) is 12.8 Å². The molecule has 2 aliphatic heterocycles. The Morgan fingerprint density at radius 2 is 2.06 bits per heavy atom. The third-order valence-electron chi connectivity index (χ3n) is 6.27. The van der Waals surface area contributed by atoms with E-state index in [0.717, 1.165) is 11.3 Å². The molecule has 1 aromatic heterocycles. The van der Waals surface area contributed by atoms with E-state index in [2.05, 4.69) is 11.4 Å². The van der Waals surface area contributed by atoms with E-state index < -0.39 is 5.54 Å². The molecular weight excluding hydrogens is 394 g/mol. The predicted octanol–water partition coefficient (Wildman–Crippen LogP) is 2.43. The lowest BCUT2D eigenvalue weighted by Crippen LogP contribution is -2.52. The summed E-state index contributed by atoms with van der Waals surface area (Å²) in [5.74, 6) is 0.748. The first-order chi connectivity index (χ1) is 14.9. The van der Waals surface area contributed by atoms with Gasteiger partial charge in [-0.15, -0.1) is 0 Å². The Bertz CT molecular complexity index is 955. The number of piperazine rings is 1. The minimum atomic E-state index is -0.457. The molecule has 1 aromatic carbocycles. The first-order valence-corrected chi connectivity index (χ1v) is 10.9. The molecule has 0 spiro atoms. The zero-order chi connectivity index (χ0) is 21.8. The number of benzene rings is 1. The van der Waals surface area contributed by atoms with Crippen molar-refractivity contribution in [3.8, 4) is 0 Å². The van der Waals surface area contributed by atoms with Crippen LogP contribution in [0.25, 0.3) is 0 Å². The van der Waals surface area contributed by atoms with Crippen molar-refractivity contribution in [3.63, 3.8) is 0 Å². The highest BCUT2D eigenvalue weighted by atomic mass is 16.3. The normalized spacial score (nSPS) is 21.5. The third kappa shape index (κ3) is 5.16. The second-order valence-electron chi connectivity index (χ2n) is 8.70. The first kappa shape index (κ1) is 21.2. The van der Waals surface area contributed by atoms with Crippen LogP contribution in [0.4, 0.5) is 0 Å². The van der Waals surface area contributed by atoms with E-state index in [0.29, 0.717) is 51.7 Å². The van der Waals surface area contributed by atoms with Crippen molar-refractivity contribution in [1.82, 2.24) is 15.1 Å². The summed E-state index contributed by atoms with van der Waals surface area (Å²) in [7, 11) is 0. The maximum atomic E-state index is 12.9. The van der Waals surface area contributed by atoms with Gasteiger partial charge in [-0.05, 0) is 37.5 Å². The van der Waals surface area contributed by atoms with Crippen molar-refractivity contribution < 1.29 is 18.8 Å². The standard InChI is InChI=1S/C24H29N3O4/c1-18-4-2-5-19(14-18)16-26-11-12-27(17-23(26)30)22(29)8-10-24(9-7-21(28)25-24)15-20-6-3-13-31-20/h2-6,13-14H,7-12,15-17H2,1H3,(H,25,28). The quantitative estimate of drug-likeness (QED) is 0.742. The number of carbonyl (C=O) groups excluding carboxylic acids is 3. The Morgan fingerprint density at radius 3 is 2.74 bits per heavy atom. The third-order valence-corrected chi connectivity index (χ3v) is 6.27. The number of nitrogens with one attached hydrogen (secondary N) is 1. The molecule has 4 rings (SSSR count). The van der Waals surface area contributed by atoms with Crippen molar-refractivity contribution >= 4 is 17.7 Å². The molecule has 164 valence electrons. The molecule has 7 heteroatoms. The van der Waals surface area contributed by atoms with Gasteiger partial charge in [0.25, 0.3) is 0 Å². The number of amides is 3. The van der Waals surface area contributed by atoms with Crippen LogP contribution >= 0.6 is 0 Å². The smallest absolute Gasteiger partial charge is 0.242 e. The number of rotatable bonds is 7. The summed E-state index contributed by atoms with van der Waals surface area (Å²) in [5, 5.41) is 3.07. The molecule has 0 radical (unpaired) electrons. The van der Waals surface area contributed by atoms with Crippen molar-refractivity contribution in [3.05, 3.63) is 59.5 Å². The fraction of sp³-hybridized carbons (Fsp3) is 0.458. The minimum Gasteiger partial charge on any atom is -0.469 e. The van der Waals surface area contributed by atoms with Gasteiger partial charge in [0.2, 0.25) is 17.7 Å². The highest BCUT2D eigenvalue weighted by Crippen LogP contribution is 2.30. The van der Waals surface area contributed by atoms with Crippen LogP contribution in [-0.2, 0) is 27.3 Å². The Labute approximate surface area is 182 Å². The molecule has 7 nitrogen and oxygen atoms in total. The highest BCUT2D eigenvalue weighted by Gasteiger charge is 2.39. The van der Waals surface area contributed by atoms with E-state index in [-0.39, 0.29) is 24.3 Å². The summed E-state index contributed by atoms with van der Waals surface area (Å²) in [4.78, 5) is 40.8. The summed E-state index contributed by atoms with van der Waals surface area (Å²) >= 11 is 0. The summed E-state index contributed by atoms with van der Waals surface area (Å²) in [6.07, 6.45) is 4.17. The van der Waals surface area contributed by atoms with Crippen molar-refractivity contribution in [1.29, 1.82) is 0 Å². The van der Waals surface area contributed by atoms with Crippen LogP contribution in [0.2, 0.25) is 0 Å². The van der Waals surface area contributed by atoms with E-state index in [1.807, 2.05) is 42.2 Å². The number of furan rings is 1. The van der Waals surface area contributed by atoms with Gasteiger partial charge < -0.3 is 19.5 Å². The fourth-order valence-electron chi connectivity index (χ4n) is 4.55. The molecule has 1 N–H and O–H groups in total. The lowest BCUT2D eigenvalue weighted by atomic mass is 9.87. The molecule has 2 fully saturated rings. The van der Waals surface area contributed by atoms with E-state index in [1.165, 1.54) is 5.56 Å². The van der Waals surface area contributed by atoms with Gasteiger partial charge in [-0.25, -0.2) is 0 Å². The molecule has 2 saturated heterocycles. The summed E-state index contributed by atoms with van der Waals surface area (Å²) in [5.41, 5.74) is 1.81. The number of hydrogen-bond acceptors (Lipinski definition) is 4. The largest absolute Gasteiger partial charge is 0.469 e. The van der Waals surface area contributed by atoms with Crippen molar-refractivity contribution in [2.24, 2.45) is 0 Å². The molecule has 1 atom stereocenters. The van der Waals surface area contributed by atoms with Crippen molar-refractivity contribution in [2.45, 2.75) is 51.1 Å². The Morgan fingerprint density at radius 1 is 1.19 bits per heavy atom. The zero-order valence-electron chi connectivity index (χ0n) is 17.9. The van der Waals surface area contributed by atoms with Crippen LogP contribution in [0.1, 0.15) is 42.6 Å². The van der Waals surface area contributed by atoms with Gasteiger partial charge in [0, 0.05) is 44.4 Å². The van der Waals surface area contributed by atoms with E-state index >= 15 is 0 Å². The van der Waals surface area contributed by atoms with Crippen LogP contribution in [0.15, 0.2) is 47.1 Å². The zero-order valence-corrected chi connectivity index (χ0v) is 17.9. The van der Waals surface area contributed by atoms with E-state index in [1.54, 1.807) is 11.2 Å². The second-order valence-corrected chi connectivity index (χ2v) is 8.70. The van der Waals surface area contributed by atoms with Crippen LogP contribution in [0, 0.1) is 6.92 Å². The molecule has 2 aromatic rings. The van der Waals surface area contributed by atoms with Gasteiger partial charge in [-0.3, -0.25) is 14.4 Å². The molecule has 0 aliphatic carbocycles. The molecule has 2 aliphatic rings. The second kappa shape index (κ2) is 8.96. The Kier molecular flexibility index (Phi) is 6.11. The molecule has 1 unspecified atom stereocenters. The highest BCUT2D eigenvalue weighted by molar-refractivity contribution is 5.86.